The first-order chi connectivity index (χ1) is 17.6. The summed E-state index contributed by atoms with van der Waals surface area (Å²) in [6.45, 7) is 3.57. The summed E-state index contributed by atoms with van der Waals surface area (Å²) in [6, 6.07) is 19.4. The van der Waals surface area contributed by atoms with E-state index in [0.29, 0.717) is 52.3 Å². The zero-order chi connectivity index (χ0) is 24.5. The second kappa shape index (κ2) is 10.0. The van der Waals surface area contributed by atoms with Gasteiger partial charge in [0.1, 0.15) is 0 Å². The van der Waals surface area contributed by atoms with Crippen molar-refractivity contribution in [3.8, 4) is 11.5 Å². The van der Waals surface area contributed by atoms with Crippen LogP contribution in [0.1, 0.15) is 11.1 Å². The Kier molecular flexibility index (Phi) is 6.48. The normalized spacial score (nSPS) is 15.0. The molecular weight excluding hydrogens is 498 g/mol. The molecule has 1 aromatic heterocycles. The minimum Gasteiger partial charge on any atom is -0.454 e. The fourth-order valence-corrected chi connectivity index (χ4v) is 5.49. The Morgan fingerprint density at radius 2 is 1.69 bits per heavy atom. The number of hydrogen-bond donors (Lipinski definition) is 0. The van der Waals surface area contributed by atoms with Crippen LogP contribution in [-0.2, 0) is 17.0 Å². The highest BCUT2D eigenvalue weighted by molar-refractivity contribution is 7.98. The molecule has 9 heteroatoms. The van der Waals surface area contributed by atoms with Crippen LogP contribution in [0.25, 0.3) is 10.9 Å². The monoisotopic (exact) mass is 521 g/mol. The van der Waals surface area contributed by atoms with Crippen LogP contribution >= 0.6 is 23.4 Å². The zero-order valence-electron chi connectivity index (χ0n) is 19.5. The number of thioether (sulfide) groups is 1. The number of fused-ring (bicyclic) bond motifs is 2. The van der Waals surface area contributed by atoms with E-state index in [-0.39, 0.29) is 12.4 Å². The van der Waals surface area contributed by atoms with E-state index < -0.39 is 0 Å². The average molecular weight is 522 g/mol. The number of nitrogens with zero attached hydrogens (tertiary/aromatic N) is 3. The largest absolute Gasteiger partial charge is 0.454 e. The zero-order valence-corrected chi connectivity index (χ0v) is 21.1. The summed E-state index contributed by atoms with van der Waals surface area (Å²) in [6.07, 6.45) is 0. The SMILES string of the molecule is O=c1c2cc(N3CCOCC3)ccc2nc(SCc2ccc(Cl)cc2)n1Cc1ccc2c(c1)OCO2. The van der Waals surface area contributed by atoms with Crippen LogP contribution in [0, 0.1) is 0 Å². The topological polar surface area (TPSA) is 65.8 Å². The molecule has 184 valence electrons. The molecule has 0 atom stereocenters. The Bertz CT molecular complexity index is 1470. The number of morpholine rings is 1. The van der Waals surface area contributed by atoms with Crippen LogP contribution in [0.4, 0.5) is 5.69 Å². The minimum atomic E-state index is -0.0635. The molecule has 1 saturated heterocycles. The molecule has 6 rings (SSSR count). The fourth-order valence-electron chi connectivity index (χ4n) is 4.41. The standard InChI is InChI=1S/C27H24ClN3O4S/c28-20-4-1-18(2-5-20)16-36-27-29-23-7-6-21(30-9-11-33-12-10-30)14-22(23)26(32)31(27)15-19-3-8-24-25(13-19)35-17-34-24/h1-8,13-14H,9-12,15-17H2. The number of halogens is 1. The lowest BCUT2D eigenvalue weighted by molar-refractivity contribution is 0.122. The maximum atomic E-state index is 13.9. The lowest BCUT2D eigenvalue weighted by atomic mass is 10.1. The molecule has 0 saturated carbocycles. The van der Waals surface area contributed by atoms with Gasteiger partial charge >= 0.3 is 0 Å². The predicted octanol–water partition coefficient (Wildman–Crippen LogP) is 4.96. The minimum absolute atomic E-state index is 0.0635. The highest BCUT2D eigenvalue weighted by Gasteiger charge is 2.18. The maximum absolute atomic E-state index is 13.9. The van der Waals surface area contributed by atoms with Gasteiger partial charge in [0, 0.05) is 29.6 Å². The quantitative estimate of drug-likeness (QED) is 0.262. The van der Waals surface area contributed by atoms with E-state index in [0.717, 1.165) is 35.7 Å². The average Bonchev–Trinajstić information content (AvgIpc) is 3.39. The molecule has 36 heavy (non-hydrogen) atoms. The van der Waals surface area contributed by atoms with Gasteiger partial charge in [0.15, 0.2) is 16.7 Å². The van der Waals surface area contributed by atoms with E-state index in [9.17, 15) is 4.79 Å². The summed E-state index contributed by atoms with van der Waals surface area (Å²) in [7, 11) is 0. The van der Waals surface area contributed by atoms with Gasteiger partial charge in [-0.25, -0.2) is 4.98 Å². The Morgan fingerprint density at radius 1 is 0.917 bits per heavy atom. The number of aromatic nitrogens is 2. The third-order valence-corrected chi connectivity index (χ3v) is 7.64. The number of ether oxygens (including phenoxy) is 3. The van der Waals surface area contributed by atoms with Gasteiger partial charge in [-0.3, -0.25) is 9.36 Å². The van der Waals surface area contributed by atoms with Crippen molar-refractivity contribution >= 4 is 40.0 Å². The molecule has 0 spiro atoms. The van der Waals surface area contributed by atoms with Gasteiger partial charge in [-0.2, -0.15) is 0 Å². The molecular formula is C27H24ClN3O4S. The van der Waals surface area contributed by atoms with Crippen LogP contribution in [0.15, 0.2) is 70.6 Å². The first-order valence-electron chi connectivity index (χ1n) is 11.8. The smallest absolute Gasteiger partial charge is 0.262 e. The van der Waals surface area contributed by atoms with Gasteiger partial charge in [0.25, 0.3) is 5.56 Å². The van der Waals surface area contributed by atoms with Crippen molar-refractivity contribution < 1.29 is 14.2 Å². The van der Waals surface area contributed by atoms with Gasteiger partial charge in [-0.15, -0.1) is 0 Å². The van der Waals surface area contributed by atoms with Gasteiger partial charge in [0.05, 0.1) is 30.7 Å². The molecule has 0 unspecified atom stereocenters. The summed E-state index contributed by atoms with van der Waals surface area (Å²) >= 11 is 7.58. The molecule has 4 aromatic rings. The summed E-state index contributed by atoms with van der Waals surface area (Å²) in [5, 5.41) is 1.97. The third kappa shape index (κ3) is 4.76. The predicted molar refractivity (Wildman–Crippen MR) is 142 cm³/mol. The second-order valence-corrected chi connectivity index (χ2v) is 10.1. The number of rotatable bonds is 6. The van der Waals surface area contributed by atoms with Crippen LogP contribution < -0.4 is 19.9 Å². The van der Waals surface area contributed by atoms with Crippen LogP contribution in [-0.4, -0.2) is 42.6 Å². The second-order valence-electron chi connectivity index (χ2n) is 8.69. The number of hydrogen-bond acceptors (Lipinski definition) is 7. The van der Waals surface area contributed by atoms with E-state index in [4.69, 9.17) is 30.8 Å². The van der Waals surface area contributed by atoms with E-state index in [1.807, 2.05) is 60.7 Å². The molecule has 2 aliphatic heterocycles. The molecule has 0 amide bonds. The molecule has 0 N–H and O–H groups in total. The Morgan fingerprint density at radius 3 is 2.53 bits per heavy atom. The molecule has 3 aromatic carbocycles. The Hall–Kier alpha value is -3.20. The summed E-state index contributed by atoms with van der Waals surface area (Å²) in [4.78, 5) is 21.0. The Labute approximate surface area is 217 Å². The lowest BCUT2D eigenvalue weighted by Crippen LogP contribution is -2.36. The van der Waals surface area contributed by atoms with Crippen molar-refractivity contribution in [1.82, 2.24) is 9.55 Å². The van der Waals surface area contributed by atoms with E-state index in [2.05, 4.69) is 4.90 Å². The number of anilines is 1. The van der Waals surface area contributed by atoms with Crippen molar-refractivity contribution in [2.45, 2.75) is 17.5 Å². The van der Waals surface area contributed by atoms with Gasteiger partial charge in [0.2, 0.25) is 6.79 Å². The van der Waals surface area contributed by atoms with E-state index >= 15 is 0 Å². The highest BCUT2D eigenvalue weighted by atomic mass is 35.5. The number of benzene rings is 3. The summed E-state index contributed by atoms with van der Waals surface area (Å²) < 4.78 is 18.2. The molecule has 0 bridgehead atoms. The Balaban J connectivity index is 1.39. The van der Waals surface area contributed by atoms with Crippen molar-refractivity contribution in [2.75, 3.05) is 38.0 Å². The van der Waals surface area contributed by atoms with Crippen molar-refractivity contribution in [2.24, 2.45) is 0 Å². The van der Waals surface area contributed by atoms with Crippen LogP contribution in [0.3, 0.4) is 0 Å². The van der Waals surface area contributed by atoms with E-state index in [1.165, 1.54) is 11.8 Å². The molecule has 2 aliphatic rings. The molecule has 0 radical (unpaired) electrons. The fraction of sp³-hybridized carbons (Fsp3) is 0.259. The summed E-state index contributed by atoms with van der Waals surface area (Å²) in [5.41, 5.74) is 3.70. The molecule has 1 fully saturated rings. The highest BCUT2D eigenvalue weighted by Crippen LogP contribution is 2.33. The van der Waals surface area contributed by atoms with Crippen molar-refractivity contribution in [3.05, 3.63) is 87.2 Å². The van der Waals surface area contributed by atoms with Gasteiger partial charge < -0.3 is 19.1 Å². The van der Waals surface area contributed by atoms with Gasteiger partial charge in [-0.1, -0.05) is 41.6 Å². The molecule has 0 aliphatic carbocycles. The van der Waals surface area contributed by atoms with Crippen molar-refractivity contribution in [1.29, 1.82) is 0 Å². The van der Waals surface area contributed by atoms with Crippen LogP contribution in [0.2, 0.25) is 5.02 Å². The summed E-state index contributed by atoms with van der Waals surface area (Å²) in [5.74, 6) is 2.08. The lowest BCUT2D eigenvalue weighted by Gasteiger charge is -2.29. The first kappa shape index (κ1) is 23.2. The first-order valence-corrected chi connectivity index (χ1v) is 13.1. The maximum Gasteiger partial charge on any atom is 0.262 e. The molecule has 3 heterocycles. The van der Waals surface area contributed by atoms with Crippen molar-refractivity contribution in [3.63, 3.8) is 0 Å². The van der Waals surface area contributed by atoms with E-state index in [1.54, 1.807) is 4.57 Å². The van der Waals surface area contributed by atoms with Crippen LogP contribution in [0.5, 0.6) is 11.5 Å². The third-order valence-electron chi connectivity index (χ3n) is 6.34. The molecule has 7 nitrogen and oxygen atoms in total. The van der Waals surface area contributed by atoms with Gasteiger partial charge in [-0.05, 0) is 53.6 Å².